The van der Waals surface area contributed by atoms with Crippen molar-refractivity contribution in [2.75, 3.05) is 0 Å². The maximum Gasteiger partial charge on any atom is 0.00518 e. The van der Waals surface area contributed by atoms with E-state index < -0.39 is 0 Å². The minimum atomic E-state index is 1.17. The van der Waals surface area contributed by atoms with Crippen molar-refractivity contribution >= 4 is 11.3 Å². The maximum absolute atomic E-state index is 2.45. The Morgan fingerprint density at radius 1 is 0.621 bits per heavy atom. The van der Waals surface area contributed by atoms with Crippen LogP contribution in [0.4, 0.5) is 0 Å². The fraction of sp³-hybridized carbons (Fsp3) is 0.571. The van der Waals surface area contributed by atoms with Gasteiger partial charge in [-0.3, -0.25) is 0 Å². The van der Waals surface area contributed by atoms with E-state index in [9.17, 15) is 0 Å². The van der Waals surface area contributed by atoms with Gasteiger partial charge in [0.05, 0.1) is 0 Å². The third-order valence-corrected chi connectivity index (χ3v) is 6.92. The highest BCUT2D eigenvalue weighted by Gasteiger charge is 2.07. The van der Waals surface area contributed by atoms with E-state index in [1.165, 1.54) is 89.0 Å². The van der Waals surface area contributed by atoms with Crippen LogP contribution in [0.25, 0.3) is 0 Å². The molecule has 0 aliphatic rings. The molecule has 0 unspecified atom stereocenters. The highest BCUT2D eigenvalue weighted by molar-refractivity contribution is 7.12. The zero-order valence-corrected chi connectivity index (χ0v) is 21.2. The van der Waals surface area contributed by atoms with E-state index in [4.69, 9.17) is 0 Å². The second-order valence-electron chi connectivity index (χ2n) is 8.91. The molecule has 1 heterocycles. The Labute approximate surface area is 185 Å². The molecule has 0 aliphatic heterocycles. The van der Waals surface area contributed by atoms with Crippen molar-refractivity contribution in [2.24, 2.45) is 0 Å². The molecule has 0 saturated carbocycles. The van der Waals surface area contributed by atoms with Gasteiger partial charge in [-0.1, -0.05) is 46.6 Å². The van der Waals surface area contributed by atoms with E-state index in [1.54, 1.807) is 5.56 Å². The number of allylic oxidation sites excluding steroid dienone is 8. The number of rotatable bonds is 12. The van der Waals surface area contributed by atoms with E-state index in [0.717, 1.165) is 0 Å². The highest BCUT2D eigenvalue weighted by atomic mass is 32.1. The summed E-state index contributed by atoms with van der Waals surface area (Å²) in [5, 5.41) is 0. The minimum absolute atomic E-state index is 1.17. The summed E-state index contributed by atoms with van der Waals surface area (Å²) in [5.74, 6) is 0. The molecule has 0 aliphatic carbocycles. The summed E-state index contributed by atoms with van der Waals surface area (Å²) in [7, 11) is 0. The molecule has 1 heteroatoms. The van der Waals surface area contributed by atoms with Crippen LogP contribution in [0.2, 0.25) is 0 Å². The SMILES string of the molecule is CC(C)=CCCC(C)=CCCC(C)=CCCC(C)=CCCc1c(C)sc(C)c1C. The van der Waals surface area contributed by atoms with E-state index in [0.29, 0.717) is 0 Å². The second-order valence-corrected chi connectivity index (χ2v) is 10.3. The van der Waals surface area contributed by atoms with Crippen LogP contribution in [-0.4, -0.2) is 0 Å². The fourth-order valence-corrected chi connectivity index (χ4v) is 4.77. The second kappa shape index (κ2) is 13.8. The lowest BCUT2D eigenvalue weighted by Gasteiger charge is -2.04. The van der Waals surface area contributed by atoms with Gasteiger partial charge in [-0.2, -0.15) is 0 Å². The first-order valence-electron chi connectivity index (χ1n) is 11.4. The average molecular weight is 413 g/mol. The van der Waals surface area contributed by atoms with Gasteiger partial charge in [-0.05, 0) is 118 Å². The first-order chi connectivity index (χ1) is 13.7. The predicted molar refractivity (Wildman–Crippen MR) is 135 cm³/mol. The van der Waals surface area contributed by atoms with Gasteiger partial charge in [-0.15, -0.1) is 11.3 Å². The van der Waals surface area contributed by atoms with Crippen LogP contribution in [0.1, 0.15) is 100 Å². The first-order valence-corrected chi connectivity index (χ1v) is 12.2. The summed E-state index contributed by atoms with van der Waals surface area (Å²) in [4.78, 5) is 2.99. The molecule has 0 fully saturated rings. The Morgan fingerprint density at radius 2 is 1.07 bits per heavy atom. The normalized spacial score (nSPS) is 13.2. The summed E-state index contributed by atoms with van der Waals surface area (Å²) < 4.78 is 0. The average Bonchev–Trinajstić information content (AvgIpc) is 2.87. The third-order valence-electron chi connectivity index (χ3n) is 5.75. The van der Waals surface area contributed by atoms with Crippen LogP contribution in [0.5, 0.6) is 0 Å². The van der Waals surface area contributed by atoms with Gasteiger partial charge < -0.3 is 0 Å². The Morgan fingerprint density at radius 3 is 1.48 bits per heavy atom. The molecular formula is C28H44S. The topological polar surface area (TPSA) is 0 Å². The van der Waals surface area contributed by atoms with Gasteiger partial charge in [0, 0.05) is 9.75 Å². The fourth-order valence-electron chi connectivity index (χ4n) is 3.66. The van der Waals surface area contributed by atoms with Crippen molar-refractivity contribution in [3.63, 3.8) is 0 Å². The largest absolute Gasteiger partial charge is 0.145 e. The maximum atomic E-state index is 2.45. The van der Waals surface area contributed by atoms with Crippen molar-refractivity contribution in [2.45, 2.75) is 107 Å². The smallest absolute Gasteiger partial charge is 0.00518 e. The highest BCUT2D eigenvalue weighted by Crippen LogP contribution is 2.27. The molecule has 0 bridgehead atoms. The van der Waals surface area contributed by atoms with Gasteiger partial charge in [0.2, 0.25) is 0 Å². The Balaban J connectivity index is 2.30. The summed E-state index contributed by atoms with van der Waals surface area (Å²) >= 11 is 1.95. The van der Waals surface area contributed by atoms with Crippen LogP contribution in [0.15, 0.2) is 46.6 Å². The standard InChI is InChI=1S/C28H44S/c1-21(2)13-9-14-22(3)15-10-16-23(4)17-11-18-24(5)19-12-20-28-25(6)26(7)29-27(28)8/h13,15,17,19H,9-12,14,16,18,20H2,1-8H3. The molecule has 1 rings (SSSR count). The lowest BCUT2D eigenvalue weighted by Crippen LogP contribution is -1.88. The van der Waals surface area contributed by atoms with Crippen LogP contribution in [0, 0.1) is 20.8 Å². The lowest BCUT2D eigenvalue weighted by molar-refractivity contribution is 0.892. The molecule has 29 heavy (non-hydrogen) atoms. The Hall–Kier alpha value is -1.34. The van der Waals surface area contributed by atoms with E-state index >= 15 is 0 Å². The Bertz CT molecular complexity index is 746. The van der Waals surface area contributed by atoms with Gasteiger partial charge >= 0.3 is 0 Å². The van der Waals surface area contributed by atoms with Crippen LogP contribution in [0.3, 0.4) is 0 Å². The molecule has 0 N–H and O–H groups in total. The molecule has 0 aromatic carbocycles. The molecule has 162 valence electrons. The van der Waals surface area contributed by atoms with Gasteiger partial charge in [0.1, 0.15) is 0 Å². The summed E-state index contributed by atoms with van der Waals surface area (Å²) in [5.41, 5.74) is 9.11. The van der Waals surface area contributed by atoms with Crippen LogP contribution >= 0.6 is 11.3 Å². The lowest BCUT2D eigenvalue weighted by atomic mass is 10.0. The molecular weight excluding hydrogens is 368 g/mol. The summed E-state index contributed by atoms with van der Waals surface area (Å²) in [6.45, 7) is 18.0. The minimum Gasteiger partial charge on any atom is -0.145 e. The molecule has 0 atom stereocenters. The first kappa shape index (κ1) is 25.7. The van der Waals surface area contributed by atoms with Gasteiger partial charge in [0.25, 0.3) is 0 Å². The summed E-state index contributed by atoms with van der Waals surface area (Å²) in [6, 6.07) is 0. The molecule has 1 aromatic rings. The zero-order valence-electron chi connectivity index (χ0n) is 20.4. The molecule has 0 spiro atoms. The molecule has 0 amide bonds. The monoisotopic (exact) mass is 412 g/mol. The van der Waals surface area contributed by atoms with Crippen molar-refractivity contribution in [3.05, 3.63) is 67.5 Å². The van der Waals surface area contributed by atoms with Crippen LogP contribution in [-0.2, 0) is 6.42 Å². The molecule has 0 radical (unpaired) electrons. The van der Waals surface area contributed by atoms with E-state index in [1.807, 2.05) is 11.3 Å². The molecule has 0 saturated heterocycles. The zero-order chi connectivity index (χ0) is 21.8. The van der Waals surface area contributed by atoms with Crippen molar-refractivity contribution in [1.82, 2.24) is 0 Å². The van der Waals surface area contributed by atoms with E-state index in [2.05, 4.69) is 79.7 Å². The van der Waals surface area contributed by atoms with Gasteiger partial charge in [0.15, 0.2) is 0 Å². The number of aryl methyl sites for hydroxylation is 2. The quantitative estimate of drug-likeness (QED) is 0.300. The van der Waals surface area contributed by atoms with Crippen molar-refractivity contribution in [3.8, 4) is 0 Å². The molecule has 1 aromatic heterocycles. The number of thiophene rings is 1. The van der Waals surface area contributed by atoms with Gasteiger partial charge in [-0.25, -0.2) is 0 Å². The summed E-state index contributed by atoms with van der Waals surface area (Å²) in [6.07, 6.45) is 19.1. The van der Waals surface area contributed by atoms with E-state index in [-0.39, 0.29) is 0 Å². The van der Waals surface area contributed by atoms with Crippen molar-refractivity contribution in [1.29, 1.82) is 0 Å². The number of hydrogen-bond donors (Lipinski definition) is 0. The molecule has 0 nitrogen and oxygen atoms in total. The predicted octanol–water partition coefficient (Wildman–Crippen LogP) is 9.75. The number of hydrogen-bond acceptors (Lipinski definition) is 1. The third kappa shape index (κ3) is 10.8. The van der Waals surface area contributed by atoms with Crippen molar-refractivity contribution < 1.29 is 0 Å². The Kier molecular flexibility index (Phi) is 12.2. The van der Waals surface area contributed by atoms with Crippen LogP contribution < -0.4 is 0 Å².